The van der Waals surface area contributed by atoms with E-state index >= 15 is 0 Å². The maximum atomic E-state index is 12.1. The standard InChI is InChI=1S/C26H33N5O3/c1-5-6-8-20-18-31(14-12-28-25(32)9-7-13-30(2)3)24-16-23(29-17-21(20)24)22-15-19(10-11-27-22)26(33)34-4/h7,9-11,15-18H,5-6,8,12-14H2,1-4H3,(H,28,32)/b9-7+. The molecule has 0 spiro atoms. The molecule has 0 aliphatic rings. The van der Waals surface area contributed by atoms with Crippen molar-refractivity contribution >= 4 is 22.8 Å². The SMILES string of the molecule is CCCCc1cn(CCNC(=O)/C=C/CN(C)C)c2cc(-c3cc(C(=O)OC)ccn3)ncc12. The first kappa shape index (κ1) is 25.1. The minimum absolute atomic E-state index is 0.101. The molecular weight excluding hydrogens is 430 g/mol. The van der Waals surface area contributed by atoms with Gasteiger partial charge in [-0.15, -0.1) is 0 Å². The van der Waals surface area contributed by atoms with Crippen LogP contribution in [0.3, 0.4) is 0 Å². The highest BCUT2D eigenvalue weighted by atomic mass is 16.5. The van der Waals surface area contributed by atoms with E-state index in [0.29, 0.717) is 30.0 Å². The number of amides is 1. The number of nitrogens with one attached hydrogen (secondary N) is 1. The first-order chi connectivity index (χ1) is 16.4. The van der Waals surface area contributed by atoms with Gasteiger partial charge in [0.25, 0.3) is 0 Å². The minimum atomic E-state index is -0.412. The van der Waals surface area contributed by atoms with Crippen molar-refractivity contribution in [2.24, 2.45) is 0 Å². The number of fused-ring (bicyclic) bond motifs is 1. The highest BCUT2D eigenvalue weighted by Crippen LogP contribution is 2.26. The van der Waals surface area contributed by atoms with Crippen molar-refractivity contribution in [3.05, 3.63) is 60.1 Å². The average Bonchev–Trinajstić information content (AvgIpc) is 3.18. The zero-order chi connectivity index (χ0) is 24.5. The summed E-state index contributed by atoms with van der Waals surface area (Å²) in [6.45, 7) is 4.04. The Labute approximate surface area is 200 Å². The topological polar surface area (TPSA) is 89.4 Å². The number of carbonyl (C=O) groups is 2. The molecular formula is C26H33N5O3. The molecule has 0 bridgehead atoms. The fourth-order valence-electron chi connectivity index (χ4n) is 3.69. The summed E-state index contributed by atoms with van der Waals surface area (Å²) in [5.74, 6) is -0.513. The third kappa shape index (κ3) is 6.51. The fraction of sp³-hybridized carbons (Fsp3) is 0.385. The molecule has 3 aromatic heterocycles. The lowest BCUT2D eigenvalue weighted by Crippen LogP contribution is -2.25. The van der Waals surface area contributed by atoms with Gasteiger partial charge in [-0.25, -0.2) is 4.79 Å². The van der Waals surface area contributed by atoms with Crippen molar-refractivity contribution in [3.63, 3.8) is 0 Å². The number of nitrogens with zero attached hydrogens (tertiary/aromatic N) is 4. The lowest BCUT2D eigenvalue weighted by atomic mass is 10.1. The van der Waals surface area contributed by atoms with Gasteiger partial charge in [0.05, 0.1) is 29.6 Å². The molecule has 3 aromatic rings. The lowest BCUT2D eigenvalue weighted by Gasteiger charge is -2.08. The van der Waals surface area contributed by atoms with Crippen molar-refractivity contribution in [2.75, 3.05) is 34.3 Å². The van der Waals surface area contributed by atoms with E-state index in [-0.39, 0.29) is 5.91 Å². The molecule has 0 atom stereocenters. The Kier molecular flexibility index (Phi) is 8.93. The van der Waals surface area contributed by atoms with Crippen LogP contribution in [0.5, 0.6) is 0 Å². The lowest BCUT2D eigenvalue weighted by molar-refractivity contribution is -0.116. The number of rotatable bonds is 11. The predicted octanol–water partition coefficient (Wildman–Crippen LogP) is 3.46. The van der Waals surface area contributed by atoms with E-state index in [2.05, 4.69) is 33.0 Å². The summed E-state index contributed by atoms with van der Waals surface area (Å²) in [6, 6.07) is 5.30. The van der Waals surface area contributed by atoms with Crippen LogP contribution in [0, 0.1) is 0 Å². The molecule has 0 unspecified atom stereocenters. The van der Waals surface area contributed by atoms with Crippen molar-refractivity contribution < 1.29 is 14.3 Å². The number of hydrogen-bond donors (Lipinski definition) is 1. The van der Waals surface area contributed by atoms with Crippen LogP contribution in [0.25, 0.3) is 22.3 Å². The number of pyridine rings is 2. The number of aryl methyl sites for hydroxylation is 1. The Bertz CT molecular complexity index is 1170. The normalized spacial score (nSPS) is 11.4. The highest BCUT2D eigenvalue weighted by Gasteiger charge is 2.13. The van der Waals surface area contributed by atoms with Crippen LogP contribution in [-0.4, -0.2) is 65.6 Å². The van der Waals surface area contributed by atoms with Crippen LogP contribution in [0.4, 0.5) is 0 Å². The quantitative estimate of drug-likeness (QED) is 0.346. The van der Waals surface area contributed by atoms with E-state index in [4.69, 9.17) is 4.74 Å². The molecule has 0 saturated heterocycles. The summed E-state index contributed by atoms with van der Waals surface area (Å²) in [7, 11) is 5.27. The fourth-order valence-corrected chi connectivity index (χ4v) is 3.69. The molecule has 0 saturated carbocycles. The van der Waals surface area contributed by atoms with Crippen molar-refractivity contribution in [1.82, 2.24) is 24.8 Å². The zero-order valence-corrected chi connectivity index (χ0v) is 20.4. The molecule has 180 valence electrons. The van der Waals surface area contributed by atoms with E-state index in [1.54, 1.807) is 24.4 Å². The molecule has 0 aromatic carbocycles. The Morgan fingerprint density at radius 1 is 1.21 bits per heavy atom. The summed E-state index contributed by atoms with van der Waals surface area (Å²) in [5.41, 5.74) is 3.98. The molecule has 0 fully saturated rings. The molecule has 0 aliphatic heterocycles. The second-order valence-corrected chi connectivity index (χ2v) is 8.41. The molecule has 1 amide bonds. The molecule has 34 heavy (non-hydrogen) atoms. The zero-order valence-electron chi connectivity index (χ0n) is 20.4. The van der Waals surface area contributed by atoms with Crippen molar-refractivity contribution in [1.29, 1.82) is 0 Å². The van der Waals surface area contributed by atoms with Gasteiger partial charge in [-0.3, -0.25) is 14.8 Å². The van der Waals surface area contributed by atoms with E-state index in [1.165, 1.54) is 12.7 Å². The van der Waals surface area contributed by atoms with E-state index in [0.717, 1.165) is 36.7 Å². The van der Waals surface area contributed by atoms with Gasteiger partial charge in [0.1, 0.15) is 0 Å². The first-order valence-corrected chi connectivity index (χ1v) is 11.5. The predicted molar refractivity (Wildman–Crippen MR) is 134 cm³/mol. The summed E-state index contributed by atoms with van der Waals surface area (Å²) in [5, 5.41) is 4.05. The third-order valence-corrected chi connectivity index (χ3v) is 5.48. The van der Waals surface area contributed by atoms with Crippen LogP contribution in [0.1, 0.15) is 35.7 Å². The van der Waals surface area contributed by atoms with Gasteiger partial charge in [0, 0.05) is 49.7 Å². The monoisotopic (exact) mass is 463 g/mol. The van der Waals surface area contributed by atoms with Crippen LogP contribution < -0.4 is 5.32 Å². The second-order valence-electron chi connectivity index (χ2n) is 8.41. The molecule has 3 heterocycles. The van der Waals surface area contributed by atoms with Crippen LogP contribution in [0.2, 0.25) is 0 Å². The third-order valence-electron chi connectivity index (χ3n) is 5.48. The molecule has 8 nitrogen and oxygen atoms in total. The van der Waals surface area contributed by atoms with Gasteiger partial charge >= 0.3 is 5.97 Å². The van der Waals surface area contributed by atoms with Crippen molar-refractivity contribution in [3.8, 4) is 11.4 Å². The molecule has 1 N–H and O–H groups in total. The van der Waals surface area contributed by atoms with Crippen molar-refractivity contribution in [2.45, 2.75) is 32.7 Å². The highest BCUT2D eigenvalue weighted by molar-refractivity contribution is 5.91. The number of aromatic nitrogens is 3. The minimum Gasteiger partial charge on any atom is -0.465 e. The number of ether oxygens (including phenoxy) is 1. The maximum Gasteiger partial charge on any atom is 0.337 e. The Balaban J connectivity index is 1.84. The number of methoxy groups -OCH3 is 1. The summed E-state index contributed by atoms with van der Waals surface area (Å²) in [6.07, 6.45) is 12.2. The maximum absolute atomic E-state index is 12.1. The molecule has 3 rings (SSSR count). The Morgan fingerprint density at radius 2 is 2.00 bits per heavy atom. The van der Waals surface area contributed by atoms with Gasteiger partial charge in [-0.2, -0.15) is 0 Å². The molecule has 0 radical (unpaired) electrons. The molecule has 8 heteroatoms. The van der Waals surface area contributed by atoms with Crippen LogP contribution in [0.15, 0.2) is 48.9 Å². The number of esters is 1. The van der Waals surface area contributed by atoms with Gasteiger partial charge in [0.2, 0.25) is 5.91 Å². The molecule has 0 aliphatic carbocycles. The Hall–Kier alpha value is -3.52. The number of unbranched alkanes of at least 4 members (excludes halogenated alkanes) is 1. The summed E-state index contributed by atoms with van der Waals surface area (Å²) in [4.78, 5) is 35.0. The van der Waals surface area contributed by atoms with E-state index in [9.17, 15) is 9.59 Å². The van der Waals surface area contributed by atoms with Crippen LogP contribution in [-0.2, 0) is 22.5 Å². The number of carbonyl (C=O) groups excluding carboxylic acids is 2. The van der Waals surface area contributed by atoms with E-state index in [1.807, 2.05) is 37.3 Å². The van der Waals surface area contributed by atoms with Gasteiger partial charge in [-0.05, 0) is 50.7 Å². The Morgan fingerprint density at radius 3 is 2.74 bits per heavy atom. The van der Waals surface area contributed by atoms with Gasteiger partial charge < -0.3 is 19.5 Å². The van der Waals surface area contributed by atoms with Gasteiger partial charge in [-0.1, -0.05) is 19.4 Å². The number of hydrogen-bond acceptors (Lipinski definition) is 6. The summed E-state index contributed by atoms with van der Waals surface area (Å²) < 4.78 is 6.98. The van der Waals surface area contributed by atoms with E-state index < -0.39 is 5.97 Å². The number of likely N-dealkylation sites (N-methyl/N-ethyl adjacent to an activating group) is 1. The largest absolute Gasteiger partial charge is 0.465 e. The second kappa shape index (κ2) is 12.1. The summed E-state index contributed by atoms with van der Waals surface area (Å²) >= 11 is 0. The first-order valence-electron chi connectivity index (χ1n) is 11.5. The van der Waals surface area contributed by atoms with Gasteiger partial charge in [0.15, 0.2) is 0 Å². The smallest absolute Gasteiger partial charge is 0.337 e. The average molecular weight is 464 g/mol. The van der Waals surface area contributed by atoms with Crippen LogP contribution >= 0.6 is 0 Å².